The fourth-order valence-electron chi connectivity index (χ4n) is 5.20. The van der Waals surface area contributed by atoms with Crippen LogP contribution in [0.15, 0.2) is 47.4 Å². The molecule has 11 heteroatoms. The van der Waals surface area contributed by atoms with E-state index in [0.29, 0.717) is 33.6 Å². The van der Waals surface area contributed by atoms with E-state index in [0.717, 1.165) is 50.2 Å². The summed E-state index contributed by atoms with van der Waals surface area (Å²) in [6.45, 7) is 2.61. The molecule has 0 bridgehead atoms. The molecule has 3 aromatic rings. The molecular formula is C29H33F3N4O3S. The van der Waals surface area contributed by atoms with E-state index in [9.17, 15) is 17.7 Å². The van der Waals surface area contributed by atoms with Crippen molar-refractivity contribution in [3.63, 3.8) is 0 Å². The molecule has 2 aromatic carbocycles. The minimum absolute atomic E-state index is 0.189. The molecule has 40 heavy (non-hydrogen) atoms. The maximum Gasteiger partial charge on any atom is 0.406 e. The Labute approximate surface area is 235 Å². The van der Waals surface area contributed by atoms with Gasteiger partial charge in [-0.3, -0.25) is 4.90 Å². The quantitative estimate of drug-likeness (QED) is 0.301. The minimum atomic E-state index is -4.39. The van der Waals surface area contributed by atoms with Crippen molar-refractivity contribution in [1.29, 1.82) is 0 Å². The summed E-state index contributed by atoms with van der Waals surface area (Å²) in [5, 5.41) is 7.45. The number of benzene rings is 2. The molecule has 0 amide bonds. The Morgan fingerprint density at radius 3 is 2.55 bits per heavy atom. The van der Waals surface area contributed by atoms with Crippen molar-refractivity contribution in [2.45, 2.75) is 42.5 Å². The second kappa shape index (κ2) is 12.2. The third kappa shape index (κ3) is 6.63. The van der Waals surface area contributed by atoms with Gasteiger partial charge in [-0.25, -0.2) is 0 Å². The van der Waals surface area contributed by atoms with Crippen molar-refractivity contribution >= 4 is 33.5 Å². The number of methoxy groups -OCH3 is 1. The van der Waals surface area contributed by atoms with Crippen LogP contribution in [-0.4, -0.2) is 78.5 Å². The van der Waals surface area contributed by atoms with Crippen LogP contribution in [0.4, 0.5) is 24.5 Å². The van der Waals surface area contributed by atoms with Crippen molar-refractivity contribution in [2.24, 2.45) is 0 Å². The SMILES string of the molecule is COc1cc([S+](C)[O-])ccc1NCC#Cc1cc2c(NC3CCN(C4COC4)CC3)cccc2n1CC(F)(F)F. The topological polar surface area (TPSA) is 73.8 Å². The monoisotopic (exact) mass is 574 g/mol. The standard InChI is InChI=1S/C29H33F3N4O3S/c1-38-28-16-23(40(2)37)8-9-26(28)33-12-4-5-21-15-24-25(6-3-7-27(24)36(21)19-29(30,31)32)34-20-10-13-35(14-11-20)22-17-39-18-22/h3,6-9,15-16,20,22,33-34H,10-14,17-19H2,1-2H3. The largest absolute Gasteiger partial charge is 0.612 e. The van der Waals surface area contributed by atoms with Crippen molar-refractivity contribution in [1.82, 2.24) is 9.47 Å². The molecule has 2 aliphatic heterocycles. The predicted molar refractivity (Wildman–Crippen MR) is 152 cm³/mol. The number of fused-ring (bicyclic) bond motifs is 1. The number of nitrogens with zero attached hydrogens (tertiary/aromatic N) is 2. The van der Waals surface area contributed by atoms with Gasteiger partial charge in [-0.2, -0.15) is 13.2 Å². The van der Waals surface area contributed by atoms with E-state index >= 15 is 0 Å². The van der Waals surface area contributed by atoms with Crippen LogP contribution in [0.25, 0.3) is 10.9 Å². The fraction of sp³-hybridized carbons (Fsp3) is 0.448. The van der Waals surface area contributed by atoms with E-state index in [-0.39, 0.29) is 12.6 Å². The van der Waals surface area contributed by atoms with E-state index in [2.05, 4.69) is 27.4 Å². The molecule has 0 saturated carbocycles. The summed E-state index contributed by atoms with van der Waals surface area (Å²) in [6.07, 6.45) is -0.875. The van der Waals surface area contributed by atoms with Crippen LogP contribution < -0.4 is 15.4 Å². The van der Waals surface area contributed by atoms with Crippen molar-refractivity contribution in [3.05, 3.63) is 48.2 Å². The van der Waals surface area contributed by atoms with Crippen LogP contribution in [0.3, 0.4) is 0 Å². The molecule has 2 N–H and O–H groups in total. The number of likely N-dealkylation sites (tertiary alicyclic amines) is 1. The summed E-state index contributed by atoms with van der Waals surface area (Å²) in [7, 11) is 1.52. The molecule has 0 aliphatic carbocycles. The van der Waals surface area contributed by atoms with Crippen molar-refractivity contribution < 1.29 is 27.2 Å². The highest BCUT2D eigenvalue weighted by molar-refractivity contribution is 7.90. The normalized spacial score (nSPS) is 17.6. The first-order chi connectivity index (χ1) is 19.2. The highest BCUT2D eigenvalue weighted by atomic mass is 32.2. The minimum Gasteiger partial charge on any atom is -0.612 e. The summed E-state index contributed by atoms with van der Waals surface area (Å²) in [5.74, 6) is 6.41. The number of hydrogen-bond acceptors (Lipinski definition) is 6. The summed E-state index contributed by atoms with van der Waals surface area (Å²) < 4.78 is 64.4. The van der Waals surface area contributed by atoms with Crippen LogP contribution >= 0.6 is 0 Å². The number of piperidine rings is 1. The van der Waals surface area contributed by atoms with Gasteiger partial charge in [0.15, 0.2) is 4.90 Å². The maximum absolute atomic E-state index is 13.6. The summed E-state index contributed by atoms with van der Waals surface area (Å²) in [4.78, 5) is 3.09. The molecule has 0 spiro atoms. The van der Waals surface area contributed by atoms with Crippen LogP contribution in [0.5, 0.6) is 5.75 Å². The van der Waals surface area contributed by atoms with E-state index < -0.39 is 23.9 Å². The Morgan fingerprint density at radius 1 is 1.12 bits per heavy atom. The van der Waals surface area contributed by atoms with Gasteiger partial charge < -0.3 is 29.2 Å². The van der Waals surface area contributed by atoms with Gasteiger partial charge in [0, 0.05) is 36.3 Å². The van der Waals surface area contributed by atoms with E-state index in [1.165, 1.54) is 11.7 Å². The second-order valence-corrected chi connectivity index (χ2v) is 11.5. The van der Waals surface area contributed by atoms with Gasteiger partial charge in [0.2, 0.25) is 0 Å². The van der Waals surface area contributed by atoms with Crippen LogP contribution in [0, 0.1) is 11.8 Å². The molecule has 7 nitrogen and oxygen atoms in total. The molecule has 2 saturated heterocycles. The highest BCUT2D eigenvalue weighted by Crippen LogP contribution is 2.32. The number of aromatic nitrogens is 1. The lowest BCUT2D eigenvalue weighted by atomic mass is 10.0. The molecule has 1 unspecified atom stereocenters. The Balaban J connectivity index is 1.34. The van der Waals surface area contributed by atoms with Crippen LogP contribution in [0.1, 0.15) is 18.5 Å². The van der Waals surface area contributed by atoms with Gasteiger partial charge >= 0.3 is 6.18 Å². The van der Waals surface area contributed by atoms with Gasteiger partial charge in [-0.05, 0) is 60.3 Å². The molecule has 214 valence electrons. The molecule has 2 fully saturated rings. The highest BCUT2D eigenvalue weighted by Gasteiger charge is 2.31. The molecule has 1 aromatic heterocycles. The number of rotatable bonds is 8. The average molecular weight is 575 g/mol. The molecular weight excluding hydrogens is 541 g/mol. The number of hydrogen-bond donors (Lipinski definition) is 2. The average Bonchev–Trinajstić information content (AvgIpc) is 3.23. The Morgan fingerprint density at radius 2 is 1.90 bits per heavy atom. The van der Waals surface area contributed by atoms with Gasteiger partial charge in [-0.15, -0.1) is 0 Å². The number of ether oxygens (including phenoxy) is 2. The predicted octanol–water partition coefficient (Wildman–Crippen LogP) is 4.69. The number of anilines is 2. The van der Waals surface area contributed by atoms with E-state index in [4.69, 9.17) is 9.47 Å². The summed E-state index contributed by atoms with van der Waals surface area (Å²) in [5.41, 5.74) is 2.27. The molecule has 1 atom stereocenters. The lowest BCUT2D eigenvalue weighted by molar-refractivity contribution is -0.140. The van der Waals surface area contributed by atoms with E-state index in [1.807, 2.05) is 6.07 Å². The lowest BCUT2D eigenvalue weighted by Crippen LogP contribution is -2.53. The van der Waals surface area contributed by atoms with Gasteiger partial charge in [0.25, 0.3) is 0 Å². The third-order valence-corrected chi connectivity index (χ3v) is 8.32. The summed E-state index contributed by atoms with van der Waals surface area (Å²) in [6, 6.07) is 13.1. The molecule has 2 aliphatic rings. The van der Waals surface area contributed by atoms with Crippen LogP contribution in [-0.2, 0) is 22.5 Å². The first-order valence-corrected chi connectivity index (χ1v) is 14.8. The van der Waals surface area contributed by atoms with Gasteiger partial charge in [0.1, 0.15) is 18.6 Å². The first kappa shape index (κ1) is 28.5. The fourth-order valence-corrected chi connectivity index (χ4v) is 5.73. The second-order valence-electron chi connectivity index (χ2n) is 10.1. The first-order valence-electron chi connectivity index (χ1n) is 13.2. The zero-order valence-electron chi connectivity index (χ0n) is 22.5. The van der Waals surface area contributed by atoms with Gasteiger partial charge in [-0.1, -0.05) is 12.0 Å². The lowest BCUT2D eigenvalue weighted by Gasteiger charge is -2.41. The maximum atomic E-state index is 13.6. The van der Waals surface area contributed by atoms with Crippen molar-refractivity contribution in [2.75, 3.05) is 56.8 Å². The zero-order valence-corrected chi connectivity index (χ0v) is 23.3. The Bertz CT molecular complexity index is 1390. The van der Waals surface area contributed by atoms with Crippen LogP contribution in [0.2, 0.25) is 0 Å². The zero-order chi connectivity index (χ0) is 28.3. The number of nitrogens with one attached hydrogen (secondary N) is 2. The Kier molecular flexibility index (Phi) is 8.71. The molecule has 3 heterocycles. The molecule has 0 radical (unpaired) electrons. The number of alkyl halides is 3. The summed E-state index contributed by atoms with van der Waals surface area (Å²) >= 11 is -1.15. The smallest absolute Gasteiger partial charge is 0.406 e. The Hall–Kier alpha value is -3.04. The number of halogens is 3. The van der Waals surface area contributed by atoms with Crippen molar-refractivity contribution in [3.8, 4) is 17.6 Å². The van der Waals surface area contributed by atoms with Gasteiger partial charge in [0.05, 0.1) is 49.8 Å². The molecule has 5 rings (SSSR count). The van der Waals surface area contributed by atoms with E-state index in [1.54, 1.807) is 42.7 Å². The third-order valence-electron chi connectivity index (χ3n) is 7.40.